The van der Waals surface area contributed by atoms with Crippen LogP contribution in [0.15, 0.2) is 95.2 Å². The largest absolute Gasteiger partial charge is 0.497 e. The number of nitrogens with one attached hydrogen (secondary N) is 2. The molecule has 178 valence electrons. The Morgan fingerprint density at radius 2 is 1.51 bits per heavy atom. The van der Waals surface area contributed by atoms with Gasteiger partial charge in [0.25, 0.3) is 0 Å². The van der Waals surface area contributed by atoms with Crippen molar-refractivity contribution in [3.63, 3.8) is 0 Å². The molecule has 0 bridgehead atoms. The fourth-order valence-corrected chi connectivity index (χ4v) is 4.82. The van der Waals surface area contributed by atoms with Gasteiger partial charge in [-0.05, 0) is 47.5 Å². The van der Waals surface area contributed by atoms with E-state index in [1.165, 1.54) is 5.56 Å². The monoisotopic (exact) mass is 486 g/mol. The number of hydrazine groups is 2. The van der Waals surface area contributed by atoms with E-state index in [9.17, 15) is 0 Å². The minimum atomic E-state index is 0.617. The van der Waals surface area contributed by atoms with Crippen molar-refractivity contribution >= 4 is 17.6 Å². The highest BCUT2D eigenvalue weighted by Gasteiger charge is 2.25. The van der Waals surface area contributed by atoms with Crippen LogP contribution in [0.1, 0.15) is 16.7 Å². The molecule has 8 nitrogen and oxygen atoms in total. The normalized spacial score (nSPS) is 12.9. The summed E-state index contributed by atoms with van der Waals surface area (Å²) in [6.45, 7) is 0.617. The van der Waals surface area contributed by atoms with Crippen molar-refractivity contribution in [3.05, 3.63) is 102 Å². The number of hydrogen-bond donors (Lipinski definition) is 2. The molecule has 0 fully saturated rings. The molecule has 0 saturated heterocycles. The Balaban J connectivity index is 1.46. The van der Waals surface area contributed by atoms with E-state index in [4.69, 9.17) is 14.6 Å². The molecule has 4 aromatic rings. The summed E-state index contributed by atoms with van der Waals surface area (Å²) in [5.74, 6) is 3.22. The fraction of sp³-hybridized carbons (Fsp3) is 0.154. The van der Waals surface area contributed by atoms with Crippen LogP contribution in [0.5, 0.6) is 11.5 Å². The summed E-state index contributed by atoms with van der Waals surface area (Å²) in [4.78, 5) is 0. The number of hydrogen-bond acceptors (Lipinski definition) is 8. The molecular weight excluding hydrogens is 460 g/mol. The highest BCUT2D eigenvalue weighted by atomic mass is 32.2. The molecular formula is C26H26N6O2S. The van der Waals surface area contributed by atoms with Crippen molar-refractivity contribution in [1.82, 2.24) is 25.9 Å². The van der Waals surface area contributed by atoms with Gasteiger partial charge in [-0.2, -0.15) is 5.10 Å². The summed E-state index contributed by atoms with van der Waals surface area (Å²) in [5.41, 5.74) is 10.3. The van der Waals surface area contributed by atoms with Crippen molar-refractivity contribution in [3.8, 4) is 17.2 Å². The zero-order valence-electron chi connectivity index (χ0n) is 19.5. The number of thioether (sulfide) groups is 1. The van der Waals surface area contributed by atoms with Crippen molar-refractivity contribution in [2.24, 2.45) is 5.10 Å². The average molecular weight is 487 g/mol. The molecule has 2 N–H and O–H groups in total. The number of ether oxygens (including phenoxy) is 2. The molecule has 0 atom stereocenters. The first-order chi connectivity index (χ1) is 17.2. The van der Waals surface area contributed by atoms with Crippen LogP contribution in [0.3, 0.4) is 0 Å². The van der Waals surface area contributed by atoms with Gasteiger partial charge in [-0.3, -0.25) is 5.01 Å². The molecule has 3 aromatic carbocycles. The Morgan fingerprint density at radius 3 is 2.20 bits per heavy atom. The first kappa shape index (κ1) is 22.8. The van der Waals surface area contributed by atoms with Crippen LogP contribution in [0, 0.1) is 0 Å². The van der Waals surface area contributed by atoms with Crippen LogP contribution in [-0.4, -0.2) is 34.8 Å². The standard InChI is InChI=1S/C26H26N6O2S/c1-33-22-12-8-19(9-13-22)17-31-25(28-29-30-31)24-16-27-32(21-10-14-23(34-2)15-11-21)26(24)35-18-20-6-4-3-5-7-20/h3-16,29-30H,17-18H2,1-2H3. The van der Waals surface area contributed by atoms with E-state index in [0.717, 1.165) is 44.9 Å². The van der Waals surface area contributed by atoms with Gasteiger partial charge < -0.3 is 9.47 Å². The number of aromatic nitrogens is 2. The zero-order chi connectivity index (χ0) is 24.0. The predicted molar refractivity (Wildman–Crippen MR) is 137 cm³/mol. The summed E-state index contributed by atoms with van der Waals surface area (Å²) >= 11 is 1.73. The number of amidine groups is 1. The second kappa shape index (κ2) is 10.5. The van der Waals surface area contributed by atoms with Gasteiger partial charge in [-0.25, -0.2) is 10.2 Å². The lowest BCUT2D eigenvalue weighted by Gasteiger charge is -2.19. The van der Waals surface area contributed by atoms with Gasteiger partial charge in [0.15, 0.2) is 5.84 Å². The number of methoxy groups -OCH3 is 2. The lowest BCUT2D eigenvalue weighted by Crippen LogP contribution is -2.40. The second-order valence-corrected chi connectivity index (χ2v) is 8.80. The van der Waals surface area contributed by atoms with Gasteiger partial charge in [0.05, 0.1) is 38.2 Å². The average Bonchev–Trinajstić information content (AvgIpc) is 3.55. The van der Waals surface area contributed by atoms with E-state index < -0.39 is 0 Å². The minimum Gasteiger partial charge on any atom is -0.497 e. The highest BCUT2D eigenvalue weighted by molar-refractivity contribution is 7.98. The Morgan fingerprint density at radius 1 is 0.829 bits per heavy atom. The SMILES string of the molecule is COc1ccc(CN2NNN=C2c2cnn(-c3ccc(OC)cc3)c2SCc2ccccc2)cc1. The van der Waals surface area contributed by atoms with Gasteiger partial charge in [0.1, 0.15) is 16.5 Å². The Bertz CT molecular complexity index is 1290. The molecule has 0 aliphatic carbocycles. The predicted octanol–water partition coefficient (Wildman–Crippen LogP) is 4.37. The molecule has 1 aliphatic rings. The van der Waals surface area contributed by atoms with Crippen molar-refractivity contribution < 1.29 is 9.47 Å². The van der Waals surface area contributed by atoms with Crippen LogP contribution in [0.2, 0.25) is 0 Å². The quantitative estimate of drug-likeness (QED) is 0.340. The summed E-state index contributed by atoms with van der Waals surface area (Å²) in [6.07, 6.45) is 1.87. The highest BCUT2D eigenvalue weighted by Crippen LogP contribution is 2.31. The summed E-state index contributed by atoms with van der Waals surface area (Å²) < 4.78 is 12.6. The first-order valence-corrected chi connectivity index (χ1v) is 12.1. The molecule has 35 heavy (non-hydrogen) atoms. The third-order valence-electron chi connectivity index (χ3n) is 5.60. The zero-order valence-corrected chi connectivity index (χ0v) is 20.3. The molecule has 0 amide bonds. The molecule has 0 spiro atoms. The molecule has 1 aromatic heterocycles. The fourth-order valence-electron chi connectivity index (χ4n) is 3.75. The van der Waals surface area contributed by atoms with Crippen molar-refractivity contribution in [1.29, 1.82) is 0 Å². The second-order valence-electron chi connectivity index (χ2n) is 7.84. The topological polar surface area (TPSA) is 75.9 Å². The molecule has 0 radical (unpaired) electrons. The number of benzene rings is 3. The van der Waals surface area contributed by atoms with Crippen LogP contribution in [0.25, 0.3) is 5.69 Å². The maximum absolute atomic E-state index is 5.33. The van der Waals surface area contributed by atoms with E-state index >= 15 is 0 Å². The van der Waals surface area contributed by atoms with Gasteiger partial charge >= 0.3 is 0 Å². The molecule has 9 heteroatoms. The summed E-state index contributed by atoms with van der Waals surface area (Å²) in [5, 5.41) is 12.3. The van der Waals surface area contributed by atoms with E-state index in [0.29, 0.717) is 6.54 Å². The van der Waals surface area contributed by atoms with Crippen LogP contribution in [-0.2, 0) is 12.3 Å². The van der Waals surface area contributed by atoms with Gasteiger partial charge in [-0.1, -0.05) is 42.5 Å². The van der Waals surface area contributed by atoms with Crippen LogP contribution < -0.4 is 20.5 Å². The van der Waals surface area contributed by atoms with E-state index in [-0.39, 0.29) is 0 Å². The van der Waals surface area contributed by atoms with Crippen LogP contribution >= 0.6 is 11.8 Å². The Labute approximate surface area is 208 Å². The third kappa shape index (κ3) is 5.11. The van der Waals surface area contributed by atoms with Crippen molar-refractivity contribution in [2.45, 2.75) is 17.3 Å². The van der Waals surface area contributed by atoms with Gasteiger partial charge in [0, 0.05) is 5.75 Å². The van der Waals surface area contributed by atoms with Gasteiger partial charge in [-0.15, -0.1) is 22.4 Å². The lowest BCUT2D eigenvalue weighted by atomic mass is 10.2. The third-order valence-corrected chi connectivity index (χ3v) is 6.75. The van der Waals surface area contributed by atoms with E-state index in [1.807, 2.05) is 70.5 Å². The number of nitrogens with zero attached hydrogens (tertiary/aromatic N) is 4. The van der Waals surface area contributed by atoms with Crippen LogP contribution in [0.4, 0.5) is 0 Å². The molecule has 0 saturated carbocycles. The first-order valence-electron chi connectivity index (χ1n) is 11.1. The van der Waals surface area contributed by atoms with E-state index in [2.05, 4.69) is 40.4 Å². The van der Waals surface area contributed by atoms with E-state index in [1.54, 1.807) is 26.0 Å². The Hall–Kier alpha value is -3.95. The molecule has 2 heterocycles. The number of hydrazone groups is 1. The molecule has 1 aliphatic heterocycles. The number of rotatable bonds is 9. The Kier molecular flexibility index (Phi) is 6.87. The smallest absolute Gasteiger partial charge is 0.177 e. The van der Waals surface area contributed by atoms with Gasteiger partial charge in [0.2, 0.25) is 0 Å². The maximum atomic E-state index is 5.33. The summed E-state index contributed by atoms with van der Waals surface area (Å²) in [7, 11) is 3.33. The minimum absolute atomic E-state index is 0.617. The van der Waals surface area contributed by atoms with Crippen molar-refractivity contribution in [2.75, 3.05) is 14.2 Å². The maximum Gasteiger partial charge on any atom is 0.177 e. The summed E-state index contributed by atoms with van der Waals surface area (Å²) in [6, 6.07) is 26.3. The molecule has 5 rings (SSSR count). The molecule has 0 unspecified atom stereocenters. The lowest BCUT2D eigenvalue weighted by molar-refractivity contribution is 0.287.